The molecule has 3 nitrogen and oxygen atoms in total. The number of hydrogen-bond acceptors (Lipinski definition) is 3. The lowest BCUT2D eigenvalue weighted by Gasteiger charge is -2.23. The van der Waals surface area contributed by atoms with Crippen molar-refractivity contribution in [2.45, 2.75) is 33.7 Å². The van der Waals surface area contributed by atoms with E-state index in [0.717, 1.165) is 12.1 Å². The average Bonchev–Trinajstić information content (AvgIpc) is 2.17. The molecule has 1 aromatic rings. The molecule has 0 spiro atoms. The van der Waals surface area contributed by atoms with E-state index in [1.807, 2.05) is 6.92 Å². The lowest BCUT2D eigenvalue weighted by molar-refractivity contribution is 0.354. The molecular formula is C13H21NO2. The van der Waals surface area contributed by atoms with Crippen LogP contribution in [0.25, 0.3) is 0 Å². The van der Waals surface area contributed by atoms with Crippen molar-refractivity contribution < 1.29 is 10.2 Å². The number of hydrogen-bond donors (Lipinski definition) is 3. The Balaban J connectivity index is 2.73. The highest BCUT2D eigenvalue weighted by Crippen LogP contribution is 2.28. The minimum Gasteiger partial charge on any atom is -0.508 e. The van der Waals surface area contributed by atoms with Crippen LogP contribution in [0.3, 0.4) is 0 Å². The summed E-state index contributed by atoms with van der Waals surface area (Å²) >= 11 is 0. The van der Waals surface area contributed by atoms with E-state index in [0.29, 0.717) is 0 Å². The van der Waals surface area contributed by atoms with Crippen LogP contribution in [0.2, 0.25) is 0 Å². The lowest BCUT2D eigenvalue weighted by atomic mass is 9.96. The van der Waals surface area contributed by atoms with Crippen LogP contribution in [0.15, 0.2) is 18.2 Å². The van der Waals surface area contributed by atoms with Crippen LogP contribution in [-0.2, 0) is 0 Å². The van der Waals surface area contributed by atoms with Crippen molar-refractivity contribution in [2.24, 2.45) is 5.41 Å². The highest BCUT2D eigenvalue weighted by atomic mass is 16.3. The fraction of sp³-hybridized carbons (Fsp3) is 0.538. The van der Waals surface area contributed by atoms with Crippen molar-refractivity contribution in [1.82, 2.24) is 5.32 Å². The molecule has 1 aromatic carbocycles. The Bertz CT molecular complexity index is 355. The molecule has 0 amide bonds. The molecule has 0 aromatic heterocycles. The topological polar surface area (TPSA) is 52.5 Å². The van der Waals surface area contributed by atoms with Gasteiger partial charge in [0.05, 0.1) is 0 Å². The maximum atomic E-state index is 9.68. The number of rotatable bonds is 3. The SMILES string of the molecule is CC(NCC(C)(C)C)c1cc(O)ccc1O. The minimum absolute atomic E-state index is 0.0197. The third-order valence-electron chi connectivity index (χ3n) is 2.42. The molecule has 90 valence electrons. The third kappa shape index (κ3) is 3.74. The van der Waals surface area contributed by atoms with Crippen LogP contribution in [0.4, 0.5) is 0 Å². The predicted molar refractivity (Wildman–Crippen MR) is 65.6 cm³/mol. The number of phenols is 2. The van der Waals surface area contributed by atoms with E-state index >= 15 is 0 Å². The van der Waals surface area contributed by atoms with E-state index < -0.39 is 0 Å². The van der Waals surface area contributed by atoms with E-state index in [4.69, 9.17) is 0 Å². The van der Waals surface area contributed by atoms with Gasteiger partial charge in [-0.2, -0.15) is 0 Å². The van der Waals surface area contributed by atoms with Gasteiger partial charge in [0, 0.05) is 18.2 Å². The largest absolute Gasteiger partial charge is 0.508 e. The van der Waals surface area contributed by atoms with Crippen molar-refractivity contribution in [3.63, 3.8) is 0 Å². The van der Waals surface area contributed by atoms with Crippen molar-refractivity contribution >= 4 is 0 Å². The van der Waals surface area contributed by atoms with Gasteiger partial charge in [-0.15, -0.1) is 0 Å². The second-order valence-electron chi connectivity index (χ2n) is 5.41. The van der Waals surface area contributed by atoms with Crippen molar-refractivity contribution in [1.29, 1.82) is 0 Å². The summed E-state index contributed by atoms with van der Waals surface area (Å²) in [6, 6.07) is 4.61. The van der Waals surface area contributed by atoms with Crippen LogP contribution in [0.5, 0.6) is 11.5 Å². The highest BCUT2D eigenvalue weighted by Gasteiger charge is 2.15. The monoisotopic (exact) mass is 223 g/mol. The van der Waals surface area contributed by atoms with Crippen LogP contribution >= 0.6 is 0 Å². The van der Waals surface area contributed by atoms with Gasteiger partial charge in [-0.1, -0.05) is 20.8 Å². The van der Waals surface area contributed by atoms with E-state index in [2.05, 4.69) is 26.1 Å². The van der Waals surface area contributed by atoms with Crippen molar-refractivity contribution in [3.8, 4) is 11.5 Å². The number of aromatic hydroxyl groups is 2. The Hall–Kier alpha value is -1.22. The Labute approximate surface area is 97.1 Å². The Morgan fingerprint density at radius 1 is 1.25 bits per heavy atom. The molecule has 0 heterocycles. The molecule has 1 rings (SSSR count). The summed E-state index contributed by atoms with van der Waals surface area (Å²) in [4.78, 5) is 0. The minimum atomic E-state index is 0.0197. The zero-order valence-electron chi connectivity index (χ0n) is 10.4. The molecule has 3 N–H and O–H groups in total. The number of benzene rings is 1. The zero-order chi connectivity index (χ0) is 12.3. The van der Waals surface area contributed by atoms with Crippen LogP contribution in [0, 0.1) is 5.41 Å². The normalized spacial score (nSPS) is 13.8. The maximum absolute atomic E-state index is 9.68. The van der Waals surface area contributed by atoms with Gasteiger partial charge in [0.2, 0.25) is 0 Å². The zero-order valence-corrected chi connectivity index (χ0v) is 10.4. The Morgan fingerprint density at radius 3 is 2.44 bits per heavy atom. The van der Waals surface area contributed by atoms with E-state index in [1.165, 1.54) is 12.1 Å². The van der Waals surface area contributed by atoms with Gasteiger partial charge < -0.3 is 15.5 Å². The van der Waals surface area contributed by atoms with Crippen molar-refractivity contribution in [3.05, 3.63) is 23.8 Å². The molecule has 0 fully saturated rings. The summed E-state index contributed by atoms with van der Waals surface area (Å²) in [5, 5.41) is 22.4. The molecule has 3 heteroatoms. The summed E-state index contributed by atoms with van der Waals surface area (Å²) in [5.41, 5.74) is 0.921. The molecule has 1 unspecified atom stereocenters. The second kappa shape index (κ2) is 4.74. The van der Waals surface area contributed by atoms with Gasteiger partial charge in [0.25, 0.3) is 0 Å². The third-order valence-corrected chi connectivity index (χ3v) is 2.42. The molecule has 0 radical (unpaired) electrons. The van der Waals surface area contributed by atoms with Gasteiger partial charge in [0.1, 0.15) is 11.5 Å². The predicted octanol–water partition coefficient (Wildman–Crippen LogP) is 2.79. The first kappa shape index (κ1) is 12.8. The first-order chi connectivity index (χ1) is 7.29. The van der Waals surface area contributed by atoms with Crippen LogP contribution in [-0.4, -0.2) is 16.8 Å². The quantitative estimate of drug-likeness (QED) is 0.691. The molecule has 16 heavy (non-hydrogen) atoms. The fourth-order valence-corrected chi connectivity index (χ4v) is 1.46. The Morgan fingerprint density at radius 2 is 1.88 bits per heavy atom. The standard InChI is InChI=1S/C13H21NO2/c1-9(14-8-13(2,3)4)11-7-10(15)5-6-12(11)16/h5-7,9,14-16H,8H2,1-4H3. The van der Waals surface area contributed by atoms with Gasteiger partial charge in [-0.3, -0.25) is 0 Å². The van der Waals surface area contributed by atoms with Gasteiger partial charge in [0.15, 0.2) is 0 Å². The van der Waals surface area contributed by atoms with Gasteiger partial charge in [-0.05, 0) is 30.5 Å². The summed E-state index contributed by atoms with van der Waals surface area (Å²) < 4.78 is 0. The molecule has 0 saturated heterocycles. The summed E-state index contributed by atoms with van der Waals surface area (Å²) in [6.07, 6.45) is 0. The van der Waals surface area contributed by atoms with E-state index in [1.54, 1.807) is 6.07 Å². The number of phenolic OH excluding ortho intramolecular Hbond substituents is 2. The van der Waals surface area contributed by atoms with Crippen LogP contribution in [0.1, 0.15) is 39.3 Å². The highest BCUT2D eigenvalue weighted by molar-refractivity contribution is 5.40. The molecule has 0 aliphatic rings. The first-order valence-electron chi connectivity index (χ1n) is 5.55. The van der Waals surface area contributed by atoms with E-state index in [9.17, 15) is 10.2 Å². The lowest BCUT2D eigenvalue weighted by Crippen LogP contribution is -2.29. The van der Waals surface area contributed by atoms with Crippen molar-refractivity contribution in [2.75, 3.05) is 6.54 Å². The molecular weight excluding hydrogens is 202 g/mol. The molecule has 0 saturated carbocycles. The molecule has 1 atom stereocenters. The smallest absolute Gasteiger partial charge is 0.120 e. The number of nitrogens with one attached hydrogen (secondary N) is 1. The summed E-state index contributed by atoms with van der Waals surface area (Å²) in [6.45, 7) is 9.27. The molecule has 0 bridgehead atoms. The molecule has 0 aliphatic carbocycles. The van der Waals surface area contributed by atoms with Gasteiger partial charge in [-0.25, -0.2) is 0 Å². The fourth-order valence-electron chi connectivity index (χ4n) is 1.46. The average molecular weight is 223 g/mol. The van der Waals surface area contributed by atoms with E-state index in [-0.39, 0.29) is 23.0 Å². The summed E-state index contributed by atoms with van der Waals surface area (Å²) in [7, 11) is 0. The van der Waals surface area contributed by atoms with Crippen LogP contribution < -0.4 is 5.32 Å². The maximum Gasteiger partial charge on any atom is 0.120 e. The Kier molecular flexibility index (Phi) is 3.81. The summed E-state index contributed by atoms with van der Waals surface area (Å²) in [5.74, 6) is 0.393. The second-order valence-corrected chi connectivity index (χ2v) is 5.41. The van der Waals surface area contributed by atoms with Gasteiger partial charge >= 0.3 is 0 Å². The first-order valence-corrected chi connectivity index (χ1v) is 5.55. The molecule has 0 aliphatic heterocycles.